The van der Waals surface area contributed by atoms with E-state index in [-0.39, 0.29) is 372 Å². The van der Waals surface area contributed by atoms with Crippen LogP contribution in [0.1, 0.15) is 14.3 Å². The van der Waals surface area contributed by atoms with Crippen LogP contribution in [0, 0.1) is 0 Å². The Kier molecular flexibility index (Phi) is 1010. The predicted octanol–water partition coefficient (Wildman–Crippen LogP) is -26.7. The van der Waals surface area contributed by atoms with Gasteiger partial charge >= 0.3 is 296 Å². The minimum atomic E-state index is 0. The molecule has 0 nitrogen and oxygen atoms in total. The van der Waals surface area contributed by atoms with E-state index in [2.05, 4.69) is 0 Å². The van der Waals surface area contributed by atoms with E-state index < -0.39 is 0 Å². The molecule has 0 saturated heterocycles. The van der Waals surface area contributed by atoms with E-state index in [0.29, 0.717) is 0 Å². The van der Waals surface area contributed by atoms with Crippen molar-refractivity contribution in [3.63, 3.8) is 0 Å². The van der Waals surface area contributed by atoms with Crippen LogP contribution in [0.2, 0.25) is 0 Å². The topological polar surface area (TPSA) is 0 Å². The van der Waals surface area contributed by atoms with Gasteiger partial charge in [-0.25, -0.2) is 0 Å². The van der Waals surface area contributed by atoms with E-state index in [1.54, 1.807) is 0 Å². The van der Waals surface area contributed by atoms with Gasteiger partial charge in [0, 0.05) is 0 Å². The van der Waals surface area contributed by atoms with E-state index in [9.17, 15) is 0 Å². The Hall–Kier alpha value is 11.4. The first-order chi connectivity index (χ1) is 0. The van der Waals surface area contributed by atoms with Crippen molar-refractivity contribution in [1.29, 1.82) is 0 Å². The van der Waals surface area contributed by atoms with Gasteiger partial charge in [-0.1, -0.05) is 0 Å². The molecule has 0 radical (unpaired) electrons. The summed E-state index contributed by atoms with van der Waals surface area (Å²) < 4.78 is 0. The van der Waals surface area contributed by atoms with E-state index in [1.165, 1.54) is 0 Å². The second kappa shape index (κ2) is 116. The molecule has 0 bridgehead atoms. The molecule has 0 atom stereocenters. The Balaban J connectivity index is 0. The zero-order valence-electron chi connectivity index (χ0n) is 22.0. The molecular weight excluding hydrogens is 407 g/mol. The quantitative estimate of drug-likeness (QED) is 0.341. The van der Waals surface area contributed by atoms with Gasteiger partial charge in [-0.15, -0.1) is 62.0 Å². The van der Waals surface area contributed by atoms with Gasteiger partial charge in [0.1, 0.15) is 0 Å². The Bertz CT molecular complexity index is 38.0. The van der Waals surface area contributed by atoms with Crippen LogP contribution >= 0.6 is 62.0 Å². The van der Waals surface area contributed by atoms with E-state index >= 15 is 0 Å². The Morgan fingerprint density at radius 2 is 0.200 bits per heavy atom. The zero-order chi connectivity index (χ0) is 0. The van der Waals surface area contributed by atoms with E-state index in [4.69, 9.17) is 0 Å². The molecule has 0 aromatic carbocycles. The van der Waals surface area contributed by atoms with Gasteiger partial charge < -0.3 is 14.3 Å². The smallest absolute Gasteiger partial charge is 1.00 e. The predicted molar refractivity (Wildman–Crippen MR) is 47.4 cm³/mol. The average Bonchev–Trinajstić information content (AvgIpc) is 0. The number of halogens is 5. The monoisotopic (exact) mass is 420 g/mol. The SMILES string of the molecule is Cl.Cl.Cl.Cl.Cl.[H-].[H-].[H-].[H-].[H-].[H-].[H-].[H-].[H-].[H-].[Na+].[Na+].[Na+].[Na+].[Na+].[Na+].[Na+].[Na+].[Na+].[Na+]. The maximum atomic E-state index is 0. The summed E-state index contributed by atoms with van der Waals surface area (Å²) in [5.74, 6) is 0. The van der Waals surface area contributed by atoms with Crippen LogP contribution in [0.25, 0.3) is 0 Å². The van der Waals surface area contributed by atoms with Crippen molar-refractivity contribution in [2.45, 2.75) is 0 Å². The molecule has 0 fully saturated rings. The molecule has 60 valence electrons. The first kappa shape index (κ1) is 131. The van der Waals surface area contributed by atoms with Gasteiger partial charge in [0.15, 0.2) is 0 Å². The Morgan fingerprint density at radius 1 is 0.200 bits per heavy atom. The molecule has 0 amide bonds. The average molecular weight is 422 g/mol. The van der Waals surface area contributed by atoms with Crippen molar-refractivity contribution < 1.29 is 310 Å². The molecule has 0 rings (SSSR count). The molecule has 0 unspecified atom stereocenters. The van der Waals surface area contributed by atoms with Crippen LogP contribution in [-0.4, -0.2) is 0 Å². The van der Waals surface area contributed by atoms with E-state index in [1.807, 2.05) is 0 Å². The molecule has 0 aromatic heterocycles. The number of hydrogen-bond acceptors (Lipinski definition) is 0. The van der Waals surface area contributed by atoms with Crippen LogP contribution in [0.3, 0.4) is 0 Å². The summed E-state index contributed by atoms with van der Waals surface area (Å²) in [6.07, 6.45) is 0. The van der Waals surface area contributed by atoms with Gasteiger partial charge in [-0.05, 0) is 0 Å². The maximum Gasteiger partial charge on any atom is 1.00 e. The van der Waals surface area contributed by atoms with Crippen LogP contribution in [-0.2, 0) is 0 Å². The summed E-state index contributed by atoms with van der Waals surface area (Å²) in [7, 11) is 0. The maximum absolute atomic E-state index is 0. The molecule has 0 aliphatic carbocycles. The Morgan fingerprint density at radius 3 is 0.200 bits per heavy atom. The fourth-order valence-electron chi connectivity index (χ4n) is 0. The van der Waals surface area contributed by atoms with Gasteiger partial charge in [0.05, 0.1) is 0 Å². The van der Waals surface area contributed by atoms with Gasteiger partial charge in [0.25, 0.3) is 0 Å². The molecule has 0 spiro atoms. The summed E-state index contributed by atoms with van der Waals surface area (Å²) >= 11 is 0. The third kappa shape index (κ3) is 107. The van der Waals surface area contributed by atoms with Crippen molar-refractivity contribution in [1.82, 2.24) is 0 Å². The molecule has 0 aromatic rings. The fraction of sp³-hybridized carbons (Fsp3) is 0. The van der Waals surface area contributed by atoms with E-state index in [0.717, 1.165) is 0 Å². The largest absolute Gasteiger partial charge is 1.00 e. The van der Waals surface area contributed by atoms with Crippen molar-refractivity contribution >= 4 is 62.0 Å². The molecule has 0 N–H and O–H groups in total. The van der Waals surface area contributed by atoms with Crippen LogP contribution in [0.5, 0.6) is 0 Å². The molecule has 0 saturated carbocycles. The summed E-state index contributed by atoms with van der Waals surface area (Å²) in [6, 6.07) is 0. The summed E-state index contributed by atoms with van der Waals surface area (Å²) in [4.78, 5) is 0. The standard InChI is InChI=1S/5ClH.10Na.10H/h5*1H;;;;;;;;;;;;;;;;;;;;/q;;;;;10*+1;10*-1. The van der Waals surface area contributed by atoms with Crippen LogP contribution in [0.4, 0.5) is 0 Å². The van der Waals surface area contributed by atoms with Gasteiger partial charge in [-0.3, -0.25) is 0 Å². The minimum Gasteiger partial charge on any atom is -1.00 e. The number of rotatable bonds is 0. The summed E-state index contributed by atoms with van der Waals surface area (Å²) in [6.45, 7) is 0. The number of hydrogen-bond donors (Lipinski definition) is 0. The third-order valence-electron chi connectivity index (χ3n) is 0. The van der Waals surface area contributed by atoms with Gasteiger partial charge in [-0.2, -0.15) is 0 Å². The first-order valence-corrected chi connectivity index (χ1v) is 0. The minimum absolute atomic E-state index is 0. The first-order valence-electron chi connectivity index (χ1n) is 0. The van der Waals surface area contributed by atoms with Crippen molar-refractivity contribution in [2.24, 2.45) is 0 Å². The molecule has 0 aliphatic heterocycles. The molecule has 0 aliphatic rings. The molecule has 0 heterocycles. The third-order valence-corrected chi connectivity index (χ3v) is 0. The molecular formula is H15Cl5Na10. The fourth-order valence-corrected chi connectivity index (χ4v) is 0. The van der Waals surface area contributed by atoms with Crippen molar-refractivity contribution in [2.75, 3.05) is 0 Å². The second-order valence-corrected chi connectivity index (χ2v) is 0. The van der Waals surface area contributed by atoms with Gasteiger partial charge in [0.2, 0.25) is 0 Å². The zero-order valence-corrected chi connectivity index (χ0v) is 36.1. The molecule has 15 heavy (non-hydrogen) atoms. The normalized spacial score (nSPS) is 0. The van der Waals surface area contributed by atoms with Crippen molar-refractivity contribution in [3.05, 3.63) is 0 Å². The summed E-state index contributed by atoms with van der Waals surface area (Å²) in [5, 5.41) is 0. The second-order valence-electron chi connectivity index (χ2n) is 0. The summed E-state index contributed by atoms with van der Waals surface area (Å²) in [5.41, 5.74) is 0. The van der Waals surface area contributed by atoms with Crippen LogP contribution in [0.15, 0.2) is 0 Å². The molecule has 15 heteroatoms. The van der Waals surface area contributed by atoms with Crippen molar-refractivity contribution in [3.8, 4) is 0 Å². The van der Waals surface area contributed by atoms with Crippen LogP contribution < -0.4 is 296 Å². The Labute approximate surface area is 361 Å².